The van der Waals surface area contributed by atoms with Crippen LogP contribution in [-0.4, -0.2) is 12.1 Å². The normalized spacial score (nSPS) is 12.3. The first-order chi connectivity index (χ1) is 13.2. The van der Waals surface area contributed by atoms with Gasteiger partial charge in [-0.3, -0.25) is 4.79 Å². The third-order valence-electron chi connectivity index (χ3n) is 5.53. The van der Waals surface area contributed by atoms with Crippen molar-refractivity contribution in [3.05, 3.63) is 0 Å². The zero-order valence-corrected chi connectivity index (χ0v) is 19.0. The largest absolute Gasteiger partial charge is 0.463 e. The maximum absolute atomic E-state index is 11.8. The van der Waals surface area contributed by atoms with Gasteiger partial charge in [-0.05, 0) is 26.2 Å². The zero-order chi connectivity index (χ0) is 20.0. The van der Waals surface area contributed by atoms with Crippen molar-refractivity contribution in [2.24, 2.45) is 0 Å². The summed E-state index contributed by atoms with van der Waals surface area (Å²) in [6.45, 7) is 6.51. The topological polar surface area (TPSA) is 26.3 Å². The first-order valence-electron chi connectivity index (χ1n) is 12.4. The molecule has 27 heavy (non-hydrogen) atoms. The van der Waals surface area contributed by atoms with E-state index >= 15 is 0 Å². The molecular weight excluding hydrogens is 332 g/mol. The molecule has 0 bridgehead atoms. The Hall–Kier alpha value is -0.530. The van der Waals surface area contributed by atoms with E-state index in [9.17, 15) is 4.79 Å². The summed E-state index contributed by atoms with van der Waals surface area (Å²) in [5.41, 5.74) is 0. The monoisotopic (exact) mass is 382 g/mol. The Bertz CT molecular complexity index is 301. The van der Waals surface area contributed by atoms with Gasteiger partial charge < -0.3 is 4.74 Å². The minimum Gasteiger partial charge on any atom is -0.463 e. The van der Waals surface area contributed by atoms with E-state index in [0.29, 0.717) is 6.42 Å². The summed E-state index contributed by atoms with van der Waals surface area (Å²) in [6, 6.07) is 0. The van der Waals surface area contributed by atoms with Crippen LogP contribution in [0.25, 0.3) is 0 Å². The van der Waals surface area contributed by atoms with Gasteiger partial charge in [0.15, 0.2) is 0 Å². The van der Waals surface area contributed by atoms with E-state index in [0.717, 1.165) is 12.8 Å². The van der Waals surface area contributed by atoms with Crippen LogP contribution in [0, 0.1) is 0 Å². The number of rotatable bonds is 21. The van der Waals surface area contributed by atoms with E-state index in [1.54, 1.807) is 0 Å². The predicted octanol–water partition coefficient (Wildman–Crippen LogP) is 8.76. The molecule has 0 rings (SSSR count). The lowest BCUT2D eigenvalue weighted by molar-refractivity contribution is -0.148. The van der Waals surface area contributed by atoms with Gasteiger partial charge in [0.2, 0.25) is 0 Å². The van der Waals surface area contributed by atoms with E-state index in [1.165, 1.54) is 109 Å². The van der Waals surface area contributed by atoms with Crippen molar-refractivity contribution in [2.75, 3.05) is 0 Å². The minimum atomic E-state index is 0.00805. The standard InChI is InChI=1S/C25H50O2/c1-4-6-8-9-10-11-12-13-14-15-16-17-18-19-21-23-25(26)27-24(3)22-20-7-5-2/h24H,4-23H2,1-3H3. The molecule has 2 nitrogen and oxygen atoms in total. The maximum atomic E-state index is 11.8. The fraction of sp³-hybridized carbons (Fsp3) is 0.960. The number of esters is 1. The molecule has 0 amide bonds. The summed E-state index contributed by atoms with van der Waals surface area (Å²) in [6.07, 6.45) is 25.7. The lowest BCUT2D eigenvalue weighted by Gasteiger charge is -2.12. The quantitative estimate of drug-likeness (QED) is 0.146. The molecule has 0 aliphatic rings. The van der Waals surface area contributed by atoms with Crippen molar-refractivity contribution in [1.82, 2.24) is 0 Å². The van der Waals surface area contributed by atoms with Gasteiger partial charge in [0.1, 0.15) is 0 Å². The molecule has 0 aromatic carbocycles. The third-order valence-corrected chi connectivity index (χ3v) is 5.53. The molecule has 0 saturated heterocycles. The van der Waals surface area contributed by atoms with Gasteiger partial charge in [-0.1, -0.05) is 117 Å². The van der Waals surface area contributed by atoms with Crippen LogP contribution in [0.5, 0.6) is 0 Å². The Morgan fingerprint density at radius 3 is 1.41 bits per heavy atom. The van der Waals surface area contributed by atoms with Crippen LogP contribution in [0.15, 0.2) is 0 Å². The molecular formula is C25H50O2. The molecule has 0 saturated carbocycles. The molecule has 0 aliphatic heterocycles. The van der Waals surface area contributed by atoms with Gasteiger partial charge in [0.25, 0.3) is 0 Å². The fourth-order valence-corrected chi connectivity index (χ4v) is 3.66. The molecule has 0 aliphatic carbocycles. The van der Waals surface area contributed by atoms with E-state index in [1.807, 2.05) is 6.92 Å². The average molecular weight is 383 g/mol. The van der Waals surface area contributed by atoms with Crippen LogP contribution in [0.3, 0.4) is 0 Å². The van der Waals surface area contributed by atoms with Crippen LogP contribution in [0.4, 0.5) is 0 Å². The Labute approximate surface area is 171 Å². The number of unbranched alkanes of at least 4 members (excludes halogenated alkanes) is 16. The number of ether oxygens (including phenoxy) is 1. The summed E-state index contributed by atoms with van der Waals surface area (Å²) >= 11 is 0. The second-order valence-corrected chi connectivity index (χ2v) is 8.50. The first kappa shape index (κ1) is 26.5. The van der Waals surface area contributed by atoms with E-state index in [2.05, 4.69) is 13.8 Å². The Kier molecular flexibility index (Phi) is 21.3. The van der Waals surface area contributed by atoms with E-state index in [4.69, 9.17) is 4.74 Å². The second kappa shape index (κ2) is 21.8. The van der Waals surface area contributed by atoms with Gasteiger partial charge >= 0.3 is 5.97 Å². The molecule has 0 spiro atoms. The molecule has 0 aromatic heterocycles. The summed E-state index contributed by atoms with van der Waals surface area (Å²) in [7, 11) is 0. The third kappa shape index (κ3) is 21.6. The highest BCUT2D eigenvalue weighted by Gasteiger charge is 2.08. The number of carbonyl (C=O) groups excluding carboxylic acids is 1. The molecule has 0 fully saturated rings. The lowest BCUT2D eigenvalue weighted by atomic mass is 10.0. The minimum absolute atomic E-state index is 0.00805. The van der Waals surface area contributed by atoms with Gasteiger partial charge in [0, 0.05) is 6.42 Å². The van der Waals surface area contributed by atoms with Crippen LogP contribution in [0.2, 0.25) is 0 Å². The van der Waals surface area contributed by atoms with Gasteiger partial charge in [-0.25, -0.2) is 0 Å². The number of carbonyl (C=O) groups is 1. The van der Waals surface area contributed by atoms with Crippen LogP contribution >= 0.6 is 0 Å². The Morgan fingerprint density at radius 2 is 0.963 bits per heavy atom. The zero-order valence-electron chi connectivity index (χ0n) is 19.0. The van der Waals surface area contributed by atoms with Gasteiger partial charge in [-0.2, -0.15) is 0 Å². The first-order valence-corrected chi connectivity index (χ1v) is 12.4. The maximum Gasteiger partial charge on any atom is 0.306 e. The summed E-state index contributed by atoms with van der Waals surface area (Å²) in [5.74, 6) is 0.00805. The highest BCUT2D eigenvalue weighted by atomic mass is 16.5. The molecule has 2 heteroatoms. The van der Waals surface area contributed by atoms with Crippen molar-refractivity contribution in [2.45, 2.75) is 155 Å². The highest BCUT2D eigenvalue weighted by molar-refractivity contribution is 5.69. The van der Waals surface area contributed by atoms with E-state index in [-0.39, 0.29) is 12.1 Å². The van der Waals surface area contributed by atoms with Gasteiger partial charge in [0.05, 0.1) is 6.10 Å². The van der Waals surface area contributed by atoms with Gasteiger partial charge in [-0.15, -0.1) is 0 Å². The predicted molar refractivity (Wildman–Crippen MR) is 119 cm³/mol. The van der Waals surface area contributed by atoms with Crippen molar-refractivity contribution in [3.8, 4) is 0 Å². The number of hydrogen-bond donors (Lipinski definition) is 0. The average Bonchev–Trinajstić information content (AvgIpc) is 2.65. The molecule has 1 unspecified atom stereocenters. The SMILES string of the molecule is CCCCCCCCCCCCCCCCCC(=O)OC(C)CCCCC. The summed E-state index contributed by atoms with van der Waals surface area (Å²) in [5, 5.41) is 0. The Morgan fingerprint density at radius 1 is 0.593 bits per heavy atom. The summed E-state index contributed by atoms with van der Waals surface area (Å²) < 4.78 is 5.48. The molecule has 0 radical (unpaired) electrons. The van der Waals surface area contributed by atoms with Crippen molar-refractivity contribution >= 4 is 5.97 Å². The van der Waals surface area contributed by atoms with Crippen LogP contribution in [0.1, 0.15) is 149 Å². The highest BCUT2D eigenvalue weighted by Crippen LogP contribution is 2.14. The molecule has 0 heterocycles. The van der Waals surface area contributed by atoms with Crippen molar-refractivity contribution < 1.29 is 9.53 Å². The molecule has 162 valence electrons. The molecule has 1 atom stereocenters. The fourth-order valence-electron chi connectivity index (χ4n) is 3.66. The molecule has 0 aromatic rings. The molecule has 0 N–H and O–H groups in total. The van der Waals surface area contributed by atoms with Crippen LogP contribution in [-0.2, 0) is 9.53 Å². The van der Waals surface area contributed by atoms with Crippen molar-refractivity contribution in [3.63, 3.8) is 0 Å². The summed E-state index contributed by atoms with van der Waals surface area (Å²) in [4.78, 5) is 11.8. The number of hydrogen-bond acceptors (Lipinski definition) is 2. The second-order valence-electron chi connectivity index (χ2n) is 8.50. The lowest BCUT2D eigenvalue weighted by Crippen LogP contribution is -2.14. The smallest absolute Gasteiger partial charge is 0.306 e. The Balaban J connectivity index is 3.20. The van der Waals surface area contributed by atoms with Crippen molar-refractivity contribution in [1.29, 1.82) is 0 Å². The van der Waals surface area contributed by atoms with Crippen LogP contribution < -0.4 is 0 Å². The van der Waals surface area contributed by atoms with E-state index < -0.39 is 0 Å².